The molecule has 98 valence electrons. The van der Waals surface area contributed by atoms with Crippen molar-refractivity contribution in [3.8, 4) is 5.75 Å². The molecule has 0 saturated heterocycles. The van der Waals surface area contributed by atoms with Gasteiger partial charge >= 0.3 is 5.97 Å². The van der Waals surface area contributed by atoms with E-state index >= 15 is 0 Å². The molecule has 0 saturated carbocycles. The lowest BCUT2D eigenvalue weighted by Gasteiger charge is -2.09. The van der Waals surface area contributed by atoms with Gasteiger partial charge in [0.05, 0.1) is 5.56 Å². The standard InChI is InChI=1S/C14H10Br2O3/c15-10-3-5-12(6-4-10)19-8-9-1-2-11(16)7-13(9)14(17)18/h1-7H,8H2,(H,17,18). The van der Waals surface area contributed by atoms with Gasteiger partial charge in [-0.1, -0.05) is 37.9 Å². The van der Waals surface area contributed by atoms with Crippen LogP contribution in [-0.4, -0.2) is 11.1 Å². The zero-order chi connectivity index (χ0) is 13.8. The number of carboxylic acid groups (broad SMARTS) is 1. The molecule has 0 spiro atoms. The first-order valence-corrected chi connectivity index (χ1v) is 7.05. The highest BCUT2D eigenvalue weighted by atomic mass is 79.9. The first-order chi connectivity index (χ1) is 9.06. The maximum absolute atomic E-state index is 11.1. The summed E-state index contributed by atoms with van der Waals surface area (Å²) in [5.41, 5.74) is 0.880. The first kappa shape index (κ1) is 14.1. The molecule has 19 heavy (non-hydrogen) atoms. The van der Waals surface area contributed by atoms with Crippen LogP contribution < -0.4 is 4.74 Å². The highest BCUT2D eigenvalue weighted by Gasteiger charge is 2.11. The summed E-state index contributed by atoms with van der Waals surface area (Å²) in [5.74, 6) is -0.266. The summed E-state index contributed by atoms with van der Waals surface area (Å²) in [6.07, 6.45) is 0. The Morgan fingerprint density at radius 3 is 2.32 bits per heavy atom. The van der Waals surface area contributed by atoms with Gasteiger partial charge in [0.25, 0.3) is 0 Å². The molecule has 0 atom stereocenters. The van der Waals surface area contributed by atoms with Crippen LogP contribution >= 0.6 is 31.9 Å². The van der Waals surface area contributed by atoms with Gasteiger partial charge in [-0.15, -0.1) is 0 Å². The van der Waals surface area contributed by atoms with Crippen LogP contribution in [0.2, 0.25) is 0 Å². The van der Waals surface area contributed by atoms with E-state index in [1.807, 2.05) is 24.3 Å². The summed E-state index contributed by atoms with van der Waals surface area (Å²) in [6, 6.07) is 12.5. The van der Waals surface area contributed by atoms with E-state index in [-0.39, 0.29) is 12.2 Å². The molecule has 0 aliphatic rings. The number of halogens is 2. The first-order valence-electron chi connectivity index (χ1n) is 5.46. The van der Waals surface area contributed by atoms with Crippen molar-refractivity contribution in [2.45, 2.75) is 6.61 Å². The van der Waals surface area contributed by atoms with E-state index in [9.17, 15) is 4.79 Å². The van der Waals surface area contributed by atoms with Crippen molar-refractivity contribution in [2.75, 3.05) is 0 Å². The van der Waals surface area contributed by atoms with Gasteiger partial charge in [0.2, 0.25) is 0 Å². The van der Waals surface area contributed by atoms with Crippen LogP contribution in [0, 0.1) is 0 Å². The predicted octanol–water partition coefficient (Wildman–Crippen LogP) is 4.49. The molecule has 5 heteroatoms. The van der Waals surface area contributed by atoms with E-state index in [1.54, 1.807) is 18.2 Å². The number of carboxylic acids is 1. The minimum absolute atomic E-state index is 0.219. The lowest BCUT2D eigenvalue weighted by Crippen LogP contribution is -2.05. The minimum Gasteiger partial charge on any atom is -0.489 e. The fourth-order valence-electron chi connectivity index (χ4n) is 1.57. The number of aromatic carboxylic acids is 1. The average Bonchev–Trinajstić information content (AvgIpc) is 2.39. The summed E-state index contributed by atoms with van der Waals surface area (Å²) in [4.78, 5) is 11.1. The molecule has 1 N–H and O–H groups in total. The second-order valence-corrected chi connectivity index (χ2v) is 5.68. The number of rotatable bonds is 4. The van der Waals surface area contributed by atoms with E-state index in [2.05, 4.69) is 31.9 Å². The number of hydrogen-bond donors (Lipinski definition) is 1. The average molecular weight is 386 g/mol. The SMILES string of the molecule is O=C(O)c1cc(Br)ccc1COc1ccc(Br)cc1. The second kappa shape index (κ2) is 6.21. The van der Waals surface area contributed by atoms with Gasteiger partial charge in [-0.05, 0) is 36.4 Å². The molecule has 0 aliphatic carbocycles. The molecule has 0 amide bonds. The van der Waals surface area contributed by atoms with Crippen LogP contribution in [0.1, 0.15) is 15.9 Å². The number of ether oxygens (including phenoxy) is 1. The van der Waals surface area contributed by atoms with E-state index in [1.165, 1.54) is 0 Å². The molecular formula is C14H10Br2O3. The summed E-state index contributed by atoms with van der Waals surface area (Å²) >= 11 is 6.60. The van der Waals surface area contributed by atoms with Crippen molar-refractivity contribution in [2.24, 2.45) is 0 Å². The van der Waals surface area contributed by atoms with Crippen molar-refractivity contribution in [1.29, 1.82) is 0 Å². The van der Waals surface area contributed by atoms with Gasteiger partial charge in [-0.2, -0.15) is 0 Å². The Bertz CT molecular complexity index is 594. The molecule has 0 fully saturated rings. The molecule has 2 aromatic rings. The van der Waals surface area contributed by atoms with Crippen molar-refractivity contribution in [3.63, 3.8) is 0 Å². The molecule has 0 bridgehead atoms. The van der Waals surface area contributed by atoms with Crippen molar-refractivity contribution in [1.82, 2.24) is 0 Å². The van der Waals surface area contributed by atoms with Gasteiger partial charge < -0.3 is 9.84 Å². The van der Waals surface area contributed by atoms with E-state index < -0.39 is 5.97 Å². The molecule has 0 radical (unpaired) electrons. The fourth-order valence-corrected chi connectivity index (χ4v) is 2.19. The number of hydrogen-bond acceptors (Lipinski definition) is 2. The lowest BCUT2D eigenvalue weighted by atomic mass is 10.1. The molecule has 0 unspecified atom stereocenters. The van der Waals surface area contributed by atoms with Crippen LogP contribution in [0.25, 0.3) is 0 Å². The Morgan fingerprint density at radius 2 is 1.68 bits per heavy atom. The van der Waals surface area contributed by atoms with Gasteiger partial charge in [0, 0.05) is 14.5 Å². The van der Waals surface area contributed by atoms with E-state index in [0.717, 1.165) is 8.95 Å². The smallest absolute Gasteiger partial charge is 0.336 e. The van der Waals surface area contributed by atoms with Gasteiger partial charge in [-0.3, -0.25) is 0 Å². The number of carbonyl (C=O) groups is 1. The highest BCUT2D eigenvalue weighted by molar-refractivity contribution is 9.10. The third-order valence-corrected chi connectivity index (χ3v) is 3.53. The Morgan fingerprint density at radius 1 is 1.05 bits per heavy atom. The van der Waals surface area contributed by atoms with Crippen molar-refractivity contribution in [3.05, 3.63) is 62.5 Å². The normalized spacial score (nSPS) is 10.2. The second-order valence-electron chi connectivity index (χ2n) is 3.85. The fraction of sp³-hybridized carbons (Fsp3) is 0.0714. The Kier molecular flexibility index (Phi) is 4.61. The maximum atomic E-state index is 11.1. The Labute approximate surface area is 127 Å². The Hall–Kier alpha value is -1.33. The van der Waals surface area contributed by atoms with Crippen LogP contribution in [0.5, 0.6) is 5.75 Å². The number of benzene rings is 2. The summed E-state index contributed by atoms with van der Waals surface area (Å²) in [5, 5.41) is 9.14. The van der Waals surface area contributed by atoms with Crippen LogP contribution in [0.15, 0.2) is 51.4 Å². The Balaban J connectivity index is 2.15. The van der Waals surface area contributed by atoms with Crippen LogP contribution in [-0.2, 0) is 6.61 Å². The van der Waals surface area contributed by atoms with Gasteiger partial charge in [0.1, 0.15) is 12.4 Å². The van der Waals surface area contributed by atoms with Crippen molar-refractivity contribution < 1.29 is 14.6 Å². The quantitative estimate of drug-likeness (QED) is 0.843. The zero-order valence-corrected chi connectivity index (χ0v) is 12.9. The predicted molar refractivity (Wildman–Crippen MR) is 79.6 cm³/mol. The van der Waals surface area contributed by atoms with Gasteiger partial charge in [0.15, 0.2) is 0 Å². The lowest BCUT2D eigenvalue weighted by molar-refractivity contribution is 0.0694. The summed E-state index contributed by atoms with van der Waals surface area (Å²) in [6.45, 7) is 0.219. The van der Waals surface area contributed by atoms with Crippen LogP contribution in [0.3, 0.4) is 0 Å². The highest BCUT2D eigenvalue weighted by Crippen LogP contribution is 2.20. The van der Waals surface area contributed by atoms with Crippen molar-refractivity contribution >= 4 is 37.8 Å². The molecule has 2 rings (SSSR count). The largest absolute Gasteiger partial charge is 0.489 e. The monoisotopic (exact) mass is 384 g/mol. The third kappa shape index (κ3) is 3.81. The molecule has 3 nitrogen and oxygen atoms in total. The molecule has 2 aromatic carbocycles. The zero-order valence-electron chi connectivity index (χ0n) is 9.77. The topological polar surface area (TPSA) is 46.5 Å². The van der Waals surface area contributed by atoms with Gasteiger partial charge in [-0.25, -0.2) is 4.79 Å². The summed E-state index contributed by atoms with van der Waals surface area (Å²) in [7, 11) is 0. The maximum Gasteiger partial charge on any atom is 0.336 e. The van der Waals surface area contributed by atoms with E-state index in [0.29, 0.717) is 11.3 Å². The van der Waals surface area contributed by atoms with Crippen LogP contribution in [0.4, 0.5) is 0 Å². The third-order valence-electron chi connectivity index (χ3n) is 2.51. The molecule has 0 heterocycles. The molecule has 0 aromatic heterocycles. The molecular weight excluding hydrogens is 376 g/mol. The molecule has 0 aliphatic heterocycles. The van der Waals surface area contributed by atoms with E-state index in [4.69, 9.17) is 9.84 Å². The minimum atomic E-state index is -0.962. The summed E-state index contributed by atoms with van der Waals surface area (Å²) < 4.78 is 7.28.